The summed E-state index contributed by atoms with van der Waals surface area (Å²) in [5, 5.41) is 5.00. The van der Waals surface area contributed by atoms with Crippen LogP contribution in [0.25, 0.3) is 0 Å². The van der Waals surface area contributed by atoms with Crippen LogP contribution in [0.2, 0.25) is 0 Å². The van der Waals surface area contributed by atoms with Gasteiger partial charge in [0.25, 0.3) is 5.91 Å². The van der Waals surface area contributed by atoms with Crippen molar-refractivity contribution in [1.29, 1.82) is 0 Å². The third-order valence-electron chi connectivity index (χ3n) is 4.82. The van der Waals surface area contributed by atoms with E-state index >= 15 is 0 Å². The molecular formula is C21H23N5OS2. The monoisotopic (exact) mass is 425 g/mol. The molecule has 150 valence electrons. The van der Waals surface area contributed by atoms with Crippen LogP contribution in [-0.2, 0) is 5.75 Å². The van der Waals surface area contributed by atoms with Crippen molar-refractivity contribution in [2.75, 3.05) is 43.4 Å². The Kier molecular flexibility index (Phi) is 6.43. The number of benzene rings is 1. The molecule has 8 heteroatoms. The Bertz CT molecular complexity index is 938. The minimum absolute atomic E-state index is 0.125. The molecule has 0 saturated carbocycles. The van der Waals surface area contributed by atoms with Crippen LogP contribution in [0, 0.1) is 0 Å². The van der Waals surface area contributed by atoms with E-state index in [9.17, 15) is 4.79 Å². The van der Waals surface area contributed by atoms with Crippen LogP contribution in [0.4, 0.5) is 11.5 Å². The second kappa shape index (κ2) is 9.39. The smallest absolute Gasteiger partial charge is 0.256 e. The van der Waals surface area contributed by atoms with E-state index in [1.165, 1.54) is 0 Å². The van der Waals surface area contributed by atoms with Gasteiger partial charge in [0.05, 0.1) is 28.7 Å². The lowest BCUT2D eigenvalue weighted by molar-refractivity contribution is 0.102. The number of hydrogen-bond acceptors (Lipinski definition) is 7. The summed E-state index contributed by atoms with van der Waals surface area (Å²) < 4.78 is 0. The first-order chi connectivity index (χ1) is 14.2. The third kappa shape index (κ3) is 5.14. The fourth-order valence-corrected chi connectivity index (χ4v) is 4.74. The molecule has 29 heavy (non-hydrogen) atoms. The highest BCUT2D eigenvalue weighted by molar-refractivity contribution is 7.98. The molecule has 0 spiro atoms. The summed E-state index contributed by atoms with van der Waals surface area (Å²) in [4.78, 5) is 27.2. The number of nitrogens with one attached hydrogen (secondary N) is 1. The third-order valence-corrected chi connectivity index (χ3v) is 6.57. The molecule has 1 N–H and O–H groups in total. The van der Waals surface area contributed by atoms with Gasteiger partial charge in [0, 0.05) is 42.2 Å². The van der Waals surface area contributed by atoms with Crippen LogP contribution in [0.5, 0.6) is 0 Å². The van der Waals surface area contributed by atoms with Crippen molar-refractivity contribution in [2.24, 2.45) is 0 Å². The Hall–Kier alpha value is -2.42. The van der Waals surface area contributed by atoms with Crippen molar-refractivity contribution in [3.05, 3.63) is 64.7 Å². The van der Waals surface area contributed by atoms with Crippen LogP contribution in [0.3, 0.4) is 0 Å². The number of thiazole rings is 1. The highest BCUT2D eigenvalue weighted by atomic mass is 32.2. The van der Waals surface area contributed by atoms with Crippen molar-refractivity contribution in [1.82, 2.24) is 14.9 Å². The van der Waals surface area contributed by atoms with Crippen LogP contribution in [0.15, 0.2) is 58.4 Å². The zero-order chi connectivity index (χ0) is 20.1. The molecule has 0 atom stereocenters. The van der Waals surface area contributed by atoms with Gasteiger partial charge in [-0.05, 0) is 31.3 Å². The maximum absolute atomic E-state index is 12.8. The lowest BCUT2D eigenvalue weighted by Crippen LogP contribution is -2.44. The summed E-state index contributed by atoms with van der Waals surface area (Å²) in [7, 11) is 2.14. The molecule has 1 aromatic carbocycles. The van der Waals surface area contributed by atoms with Crippen LogP contribution >= 0.6 is 23.1 Å². The summed E-state index contributed by atoms with van der Waals surface area (Å²) in [6, 6.07) is 11.6. The first-order valence-electron chi connectivity index (χ1n) is 9.49. The molecule has 1 saturated heterocycles. The predicted octanol–water partition coefficient (Wildman–Crippen LogP) is 3.83. The van der Waals surface area contributed by atoms with Crippen LogP contribution < -0.4 is 10.2 Å². The maximum Gasteiger partial charge on any atom is 0.256 e. The van der Waals surface area contributed by atoms with Gasteiger partial charge in [-0.2, -0.15) is 0 Å². The number of carbonyl (C=O) groups excluding carboxylic acids is 1. The largest absolute Gasteiger partial charge is 0.354 e. The Balaban J connectivity index is 1.40. The van der Waals surface area contributed by atoms with Gasteiger partial charge in [0.1, 0.15) is 5.82 Å². The molecule has 1 aliphatic rings. The van der Waals surface area contributed by atoms with E-state index in [2.05, 4.69) is 32.1 Å². The zero-order valence-corrected chi connectivity index (χ0v) is 17.9. The van der Waals surface area contributed by atoms with Gasteiger partial charge >= 0.3 is 0 Å². The lowest BCUT2D eigenvalue weighted by Gasteiger charge is -2.33. The molecule has 3 heterocycles. The Labute approximate surface area is 179 Å². The van der Waals surface area contributed by atoms with Crippen molar-refractivity contribution >= 4 is 40.5 Å². The molecule has 6 nitrogen and oxygen atoms in total. The van der Waals surface area contributed by atoms with Crippen molar-refractivity contribution < 1.29 is 4.79 Å². The van der Waals surface area contributed by atoms with Crippen molar-refractivity contribution in [2.45, 2.75) is 10.6 Å². The summed E-state index contributed by atoms with van der Waals surface area (Å²) in [5.74, 6) is 1.57. The van der Waals surface area contributed by atoms with Crippen LogP contribution in [0.1, 0.15) is 16.1 Å². The minimum Gasteiger partial charge on any atom is -0.354 e. The number of likely N-dealkylation sites (N-methyl/N-ethyl adjacent to an activating group) is 1. The van der Waals surface area contributed by atoms with Gasteiger partial charge < -0.3 is 15.1 Å². The Morgan fingerprint density at radius 3 is 2.69 bits per heavy atom. The molecule has 0 unspecified atom stereocenters. The first kappa shape index (κ1) is 19.9. The highest BCUT2D eigenvalue weighted by Gasteiger charge is 2.16. The second-order valence-electron chi connectivity index (χ2n) is 6.91. The number of pyridine rings is 1. The second-order valence-corrected chi connectivity index (χ2v) is 8.65. The number of rotatable bonds is 6. The number of amides is 1. The van der Waals surface area contributed by atoms with Crippen LogP contribution in [-0.4, -0.2) is 54.0 Å². The number of thioether (sulfide) groups is 1. The van der Waals surface area contributed by atoms with E-state index in [1.807, 2.05) is 47.3 Å². The normalized spacial score (nSPS) is 14.7. The molecule has 1 aliphatic heterocycles. The Morgan fingerprint density at radius 2 is 1.97 bits per heavy atom. The molecule has 2 aromatic heterocycles. The van der Waals surface area contributed by atoms with Crippen molar-refractivity contribution in [3.8, 4) is 0 Å². The van der Waals surface area contributed by atoms with E-state index in [0.717, 1.165) is 48.3 Å². The lowest BCUT2D eigenvalue weighted by atomic mass is 10.2. The van der Waals surface area contributed by atoms with E-state index in [-0.39, 0.29) is 5.91 Å². The predicted molar refractivity (Wildman–Crippen MR) is 120 cm³/mol. The van der Waals surface area contributed by atoms with Gasteiger partial charge in [0.15, 0.2) is 0 Å². The fraction of sp³-hybridized carbons (Fsp3) is 0.286. The number of anilines is 2. The average molecular weight is 426 g/mol. The summed E-state index contributed by atoms with van der Waals surface area (Å²) in [5.41, 5.74) is 4.22. The SMILES string of the molecule is CN1CCN(c2ccc(NC(=O)c3ccccc3SCc3cscn3)cn2)CC1. The topological polar surface area (TPSA) is 61.4 Å². The summed E-state index contributed by atoms with van der Waals surface area (Å²) in [6.07, 6.45) is 1.73. The number of aromatic nitrogens is 2. The molecule has 1 fully saturated rings. The first-order valence-corrected chi connectivity index (χ1v) is 11.4. The number of hydrogen-bond donors (Lipinski definition) is 1. The van der Waals surface area contributed by atoms with E-state index in [4.69, 9.17) is 0 Å². The molecule has 3 aromatic rings. The number of carbonyl (C=O) groups is 1. The molecule has 1 amide bonds. The van der Waals surface area contributed by atoms with Gasteiger partial charge in [-0.15, -0.1) is 23.1 Å². The van der Waals surface area contributed by atoms with Crippen molar-refractivity contribution in [3.63, 3.8) is 0 Å². The van der Waals surface area contributed by atoms with E-state index in [0.29, 0.717) is 11.3 Å². The molecule has 0 bridgehead atoms. The minimum atomic E-state index is -0.125. The quantitative estimate of drug-likeness (QED) is 0.606. The highest BCUT2D eigenvalue weighted by Crippen LogP contribution is 2.27. The molecule has 0 aliphatic carbocycles. The molecule has 0 radical (unpaired) electrons. The maximum atomic E-state index is 12.8. The van der Waals surface area contributed by atoms with E-state index < -0.39 is 0 Å². The number of piperazine rings is 1. The summed E-state index contributed by atoms with van der Waals surface area (Å²) in [6.45, 7) is 4.02. The molecular weight excluding hydrogens is 402 g/mol. The molecule has 4 rings (SSSR count). The van der Waals surface area contributed by atoms with Gasteiger partial charge in [-0.3, -0.25) is 4.79 Å². The number of nitrogens with zero attached hydrogens (tertiary/aromatic N) is 4. The van der Waals surface area contributed by atoms with Gasteiger partial charge in [-0.25, -0.2) is 9.97 Å². The summed E-state index contributed by atoms with van der Waals surface area (Å²) >= 11 is 3.20. The van der Waals surface area contributed by atoms with Gasteiger partial charge in [-0.1, -0.05) is 12.1 Å². The zero-order valence-electron chi connectivity index (χ0n) is 16.2. The van der Waals surface area contributed by atoms with E-state index in [1.54, 1.807) is 29.3 Å². The Morgan fingerprint density at radius 1 is 1.14 bits per heavy atom. The fourth-order valence-electron chi connectivity index (χ4n) is 3.12. The average Bonchev–Trinajstić information content (AvgIpc) is 3.27. The standard InChI is InChI=1S/C21H23N5OS2/c1-25-8-10-26(11-9-25)20-7-6-16(12-22-20)24-21(27)18-4-2-3-5-19(18)29-14-17-13-28-15-23-17/h2-7,12-13,15H,8-11,14H2,1H3,(H,24,27). The van der Waals surface area contributed by atoms with Gasteiger partial charge in [0.2, 0.25) is 0 Å².